The summed E-state index contributed by atoms with van der Waals surface area (Å²) < 4.78 is 46.2. The van der Waals surface area contributed by atoms with E-state index in [0.717, 1.165) is 17.7 Å². The van der Waals surface area contributed by atoms with Crippen LogP contribution >= 0.6 is 0 Å². The number of hydrogen-bond donors (Lipinski definition) is 1. The zero-order valence-electron chi connectivity index (χ0n) is 17.2. The fourth-order valence-electron chi connectivity index (χ4n) is 3.48. The number of anilines is 1. The summed E-state index contributed by atoms with van der Waals surface area (Å²) in [6.07, 6.45) is 0. The molecule has 0 radical (unpaired) electrons. The Morgan fingerprint density at radius 2 is 1.59 bits per heavy atom. The molecule has 4 rings (SSSR count). The Morgan fingerprint density at radius 3 is 2.25 bits per heavy atom. The summed E-state index contributed by atoms with van der Waals surface area (Å²) in [7, 11) is 0. The molecule has 0 spiro atoms. The van der Waals surface area contributed by atoms with Gasteiger partial charge in [-0.05, 0) is 53.4 Å². The lowest BCUT2D eigenvalue weighted by Gasteiger charge is -2.14. The van der Waals surface area contributed by atoms with E-state index in [2.05, 4.69) is 5.32 Å². The first-order valence-electron chi connectivity index (χ1n) is 9.87. The van der Waals surface area contributed by atoms with Crippen molar-refractivity contribution in [2.75, 3.05) is 5.32 Å². The topological polar surface area (TPSA) is 59.3 Å². The van der Waals surface area contributed by atoms with E-state index in [4.69, 9.17) is 4.42 Å². The van der Waals surface area contributed by atoms with Gasteiger partial charge in [-0.1, -0.05) is 32.0 Å². The molecule has 0 aliphatic heterocycles. The molecule has 3 aromatic carbocycles. The molecule has 4 nitrogen and oxygen atoms in total. The predicted molar refractivity (Wildman–Crippen MR) is 116 cm³/mol. The maximum Gasteiger partial charge on any atom is 0.349 e. The van der Waals surface area contributed by atoms with Gasteiger partial charge in [0.1, 0.15) is 28.6 Å². The summed E-state index contributed by atoms with van der Waals surface area (Å²) in [6, 6.07) is 13.2. The minimum Gasteiger partial charge on any atom is -0.422 e. The molecule has 0 aliphatic carbocycles. The van der Waals surface area contributed by atoms with E-state index in [1.165, 1.54) is 24.3 Å². The van der Waals surface area contributed by atoms with Gasteiger partial charge in [0, 0.05) is 17.0 Å². The number of amides is 1. The number of carbonyl (C=O) groups excluding carboxylic acids is 1. The summed E-state index contributed by atoms with van der Waals surface area (Å²) in [5.41, 5.74) is 0.238. The lowest BCUT2D eigenvalue weighted by Crippen LogP contribution is -2.23. The smallest absolute Gasteiger partial charge is 0.349 e. The van der Waals surface area contributed by atoms with E-state index < -0.39 is 29.0 Å². The summed E-state index contributed by atoms with van der Waals surface area (Å²) >= 11 is 0. The quantitative estimate of drug-likeness (QED) is 0.384. The van der Waals surface area contributed by atoms with Gasteiger partial charge in [0.15, 0.2) is 0 Å². The molecule has 1 amide bonds. The average molecular weight is 437 g/mol. The van der Waals surface area contributed by atoms with E-state index in [0.29, 0.717) is 17.0 Å². The molecule has 1 N–H and O–H groups in total. The van der Waals surface area contributed by atoms with Gasteiger partial charge in [-0.25, -0.2) is 18.0 Å². The van der Waals surface area contributed by atoms with Crippen LogP contribution in [-0.4, -0.2) is 5.91 Å². The van der Waals surface area contributed by atoms with Crippen molar-refractivity contribution in [1.82, 2.24) is 0 Å². The molecule has 0 atom stereocenters. The second-order valence-electron chi connectivity index (χ2n) is 7.64. The number of hydrogen-bond acceptors (Lipinski definition) is 3. The molecule has 0 bridgehead atoms. The first-order chi connectivity index (χ1) is 15.2. The number of halogens is 3. The van der Waals surface area contributed by atoms with Gasteiger partial charge in [-0.3, -0.25) is 4.79 Å². The number of fused-ring (bicyclic) bond motifs is 1. The molecule has 162 valence electrons. The molecule has 0 fully saturated rings. The lowest BCUT2D eigenvalue weighted by atomic mass is 9.93. The molecular weight excluding hydrogens is 419 g/mol. The van der Waals surface area contributed by atoms with Crippen molar-refractivity contribution in [2.24, 2.45) is 0 Å². The van der Waals surface area contributed by atoms with Crippen molar-refractivity contribution in [2.45, 2.75) is 19.8 Å². The van der Waals surface area contributed by atoms with Crippen molar-refractivity contribution in [1.29, 1.82) is 0 Å². The second-order valence-corrected chi connectivity index (χ2v) is 7.64. The minimum absolute atomic E-state index is 0.151. The number of benzene rings is 3. The van der Waals surface area contributed by atoms with Gasteiger partial charge < -0.3 is 9.73 Å². The molecule has 0 unspecified atom stereocenters. The Hall–Kier alpha value is -3.87. The minimum atomic E-state index is -0.992. The monoisotopic (exact) mass is 437 g/mol. The van der Waals surface area contributed by atoms with Gasteiger partial charge in [0.25, 0.3) is 5.91 Å². The third-order valence-corrected chi connectivity index (χ3v) is 5.14. The first-order valence-corrected chi connectivity index (χ1v) is 9.87. The van der Waals surface area contributed by atoms with Crippen molar-refractivity contribution in [3.05, 3.63) is 99.7 Å². The predicted octanol–water partition coefficient (Wildman–Crippen LogP) is 6.25. The fourth-order valence-corrected chi connectivity index (χ4v) is 3.48. The highest BCUT2D eigenvalue weighted by molar-refractivity contribution is 6.13. The largest absolute Gasteiger partial charge is 0.422 e. The molecular formula is C25H18F3NO3. The fraction of sp³-hybridized carbons (Fsp3) is 0.120. The van der Waals surface area contributed by atoms with Crippen LogP contribution in [0.15, 0.2) is 69.9 Å². The van der Waals surface area contributed by atoms with Gasteiger partial charge in [-0.2, -0.15) is 0 Å². The van der Waals surface area contributed by atoms with Crippen LogP contribution in [0.1, 0.15) is 35.7 Å². The van der Waals surface area contributed by atoms with Crippen molar-refractivity contribution < 1.29 is 22.4 Å². The molecule has 1 heterocycles. The third kappa shape index (κ3) is 4.01. The summed E-state index contributed by atoms with van der Waals surface area (Å²) in [4.78, 5) is 25.9. The van der Waals surface area contributed by atoms with Crippen molar-refractivity contribution >= 4 is 22.6 Å². The molecule has 7 heteroatoms. The van der Waals surface area contributed by atoms with E-state index in [9.17, 15) is 22.8 Å². The van der Waals surface area contributed by atoms with Crippen LogP contribution in [0.4, 0.5) is 18.9 Å². The Labute approximate surface area is 181 Å². The number of rotatable bonds is 4. The van der Waals surface area contributed by atoms with E-state index >= 15 is 0 Å². The Bertz CT molecular complexity index is 1390. The molecule has 1 aromatic heterocycles. The Balaban J connectivity index is 1.97. The second kappa shape index (κ2) is 8.34. The van der Waals surface area contributed by atoms with Crippen LogP contribution < -0.4 is 10.9 Å². The van der Waals surface area contributed by atoms with Crippen LogP contribution in [0.3, 0.4) is 0 Å². The lowest BCUT2D eigenvalue weighted by molar-refractivity contribution is 0.102. The standard InChI is InChI=1S/C25H18F3NO3/c1-13(2)15-5-10-21-18(11-15)22(14-3-6-16(26)7-4-14)23(25(31)32-21)24(30)29-20-9-8-17(27)12-19(20)28/h3-13H,1-2H3,(H,29,30). The average Bonchev–Trinajstić information content (AvgIpc) is 2.75. The zero-order valence-corrected chi connectivity index (χ0v) is 17.2. The molecule has 4 aromatic rings. The highest BCUT2D eigenvalue weighted by atomic mass is 19.1. The molecule has 0 aliphatic rings. The van der Waals surface area contributed by atoms with Gasteiger partial charge >= 0.3 is 5.63 Å². The SMILES string of the molecule is CC(C)c1ccc2oc(=O)c(C(=O)Nc3ccc(F)cc3F)c(-c3ccc(F)cc3)c2c1. The van der Waals surface area contributed by atoms with E-state index in [-0.39, 0.29) is 28.3 Å². The van der Waals surface area contributed by atoms with Gasteiger partial charge in [0.05, 0.1) is 5.69 Å². The molecule has 0 saturated carbocycles. The van der Waals surface area contributed by atoms with Crippen LogP contribution in [0, 0.1) is 17.5 Å². The van der Waals surface area contributed by atoms with Crippen LogP contribution in [0.25, 0.3) is 22.1 Å². The Kier molecular flexibility index (Phi) is 5.57. The number of carbonyl (C=O) groups is 1. The van der Waals surface area contributed by atoms with Crippen LogP contribution in [0.5, 0.6) is 0 Å². The van der Waals surface area contributed by atoms with Gasteiger partial charge in [0.2, 0.25) is 0 Å². The summed E-state index contributed by atoms with van der Waals surface area (Å²) in [5, 5.41) is 2.78. The summed E-state index contributed by atoms with van der Waals surface area (Å²) in [5.74, 6) is -3.06. The van der Waals surface area contributed by atoms with Gasteiger partial charge in [-0.15, -0.1) is 0 Å². The van der Waals surface area contributed by atoms with Crippen LogP contribution in [0.2, 0.25) is 0 Å². The van der Waals surface area contributed by atoms with E-state index in [1.54, 1.807) is 12.1 Å². The summed E-state index contributed by atoms with van der Waals surface area (Å²) in [6.45, 7) is 3.98. The molecule has 0 saturated heterocycles. The third-order valence-electron chi connectivity index (χ3n) is 5.14. The highest BCUT2D eigenvalue weighted by Gasteiger charge is 2.24. The normalized spacial score (nSPS) is 11.2. The Morgan fingerprint density at radius 1 is 0.906 bits per heavy atom. The molecule has 32 heavy (non-hydrogen) atoms. The van der Waals surface area contributed by atoms with Crippen LogP contribution in [-0.2, 0) is 0 Å². The van der Waals surface area contributed by atoms with E-state index in [1.807, 2.05) is 19.9 Å². The van der Waals surface area contributed by atoms with Crippen molar-refractivity contribution in [3.63, 3.8) is 0 Å². The zero-order chi connectivity index (χ0) is 23.0. The number of nitrogens with one attached hydrogen (secondary N) is 1. The maximum atomic E-state index is 14.1. The highest BCUT2D eigenvalue weighted by Crippen LogP contribution is 2.33. The maximum absolute atomic E-state index is 14.1. The van der Waals surface area contributed by atoms with Crippen molar-refractivity contribution in [3.8, 4) is 11.1 Å². The first kappa shape index (κ1) is 21.4.